The van der Waals surface area contributed by atoms with Crippen molar-refractivity contribution in [2.45, 2.75) is 5.54 Å². The van der Waals surface area contributed by atoms with Crippen LogP contribution in [0.15, 0.2) is 119 Å². The van der Waals surface area contributed by atoms with E-state index < -0.39 is 5.54 Å². The quantitative estimate of drug-likeness (QED) is 0.296. The molecule has 0 saturated carbocycles. The smallest absolute Gasteiger partial charge is 0.148 e. The van der Waals surface area contributed by atoms with Gasteiger partial charge >= 0.3 is 0 Å². The lowest BCUT2D eigenvalue weighted by atomic mass is 9.76. The van der Waals surface area contributed by atoms with Crippen LogP contribution in [0.4, 0.5) is 10.1 Å². The second-order valence-electron chi connectivity index (χ2n) is 7.65. The molecule has 5 rings (SSSR count). The van der Waals surface area contributed by atoms with E-state index in [0.717, 1.165) is 16.7 Å². The van der Waals surface area contributed by atoms with Crippen LogP contribution in [0.5, 0.6) is 0 Å². The van der Waals surface area contributed by atoms with Crippen molar-refractivity contribution >= 4 is 28.0 Å². The summed E-state index contributed by atoms with van der Waals surface area (Å²) in [4.78, 5) is 1.84. The highest BCUT2D eigenvalue weighted by Crippen LogP contribution is 2.44. The van der Waals surface area contributed by atoms with Gasteiger partial charge in [-0.25, -0.2) is 4.39 Å². The molecular weight excluding hydrogens is 465 g/mol. The van der Waals surface area contributed by atoms with Crippen LogP contribution in [-0.4, -0.2) is 18.0 Å². The fourth-order valence-corrected chi connectivity index (χ4v) is 4.71. The summed E-state index contributed by atoms with van der Waals surface area (Å²) in [6.45, 7) is 0.400. The summed E-state index contributed by atoms with van der Waals surface area (Å²) in [5, 5.41) is 6.85. The number of benzene rings is 4. The largest absolute Gasteiger partial charge is 0.308 e. The summed E-state index contributed by atoms with van der Waals surface area (Å²) < 4.78 is 15.5. The second kappa shape index (κ2) is 8.60. The zero-order valence-corrected chi connectivity index (χ0v) is 18.9. The molecule has 3 nitrogen and oxygen atoms in total. The number of rotatable bonds is 5. The van der Waals surface area contributed by atoms with Crippen LogP contribution >= 0.6 is 15.9 Å². The maximum Gasteiger partial charge on any atom is 0.148 e. The first-order chi connectivity index (χ1) is 15.7. The summed E-state index contributed by atoms with van der Waals surface area (Å²) in [5.74, 6) is -0.294. The molecule has 1 heterocycles. The van der Waals surface area contributed by atoms with Crippen LogP contribution in [-0.2, 0) is 5.54 Å². The highest BCUT2D eigenvalue weighted by molar-refractivity contribution is 9.10. The van der Waals surface area contributed by atoms with Crippen molar-refractivity contribution in [2.24, 2.45) is 5.10 Å². The van der Waals surface area contributed by atoms with Gasteiger partial charge in [0.25, 0.3) is 0 Å². The molecule has 1 aliphatic heterocycles. The SMILES string of the molecule is Fc1cc(Br)ccc1N1C=NN(C(c2ccccc2)(c2ccccc2)c2ccccc2)C1. The standard InChI is InChI=1S/C27H21BrFN3/c28-24-16-17-26(25(29)18-24)31-19-30-32(20-31)27(21-10-4-1-5-11-21,22-12-6-2-7-13-22)23-14-8-3-9-15-23/h1-19H,20H2. The fourth-order valence-electron chi connectivity index (χ4n) is 4.37. The van der Waals surface area contributed by atoms with E-state index >= 15 is 0 Å². The first-order valence-electron chi connectivity index (χ1n) is 10.4. The Kier molecular flexibility index (Phi) is 5.50. The molecule has 0 bridgehead atoms. The van der Waals surface area contributed by atoms with E-state index in [2.05, 4.69) is 52.3 Å². The Hall–Kier alpha value is -3.44. The van der Waals surface area contributed by atoms with Gasteiger partial charge in [-0.1, -0.05) is 107 Å². The molecule has 158 valence electrons. The highest BCUT2D eigenvalue weighted by atomic mass is 79.9. The van der Waals surface area contributed by atoms with E-state index in [1.807, 2.05) is 70.6 Å². The molecule has 0 spiro atoms. The predicted molar refractivity (Wildman–Crippen MR) is 131 cm³/mol. The average molecular weight is 486 g/mol. The zero-order valence-electron chi connectivity index (χ0n) is 17.3. The molecule has 32 heavy (non-hydrogen) atoms. The van der Waals surface area contributed by atoms with Gasteiger partial charge in [0.1, 0.15) is 24.4 Å². The van der Waals surface area contributed by atoms with Crippen LogP contribution in [0, 0.1) is 5.82 Å². The first kappa shape index (κ1) is 20.5. The van der Waals surface area contributed by atoms with Crippen molar-refractivity contribution in [3.05, 3.63) is 136 Å². The van der Waals surface area contributed by atoms with Gasteiger partial charge < -0.3 is 4.90 Å². The summed E-state index contributed by atoms with van der Waals surface area (Å²) in [6, 6.07) is 36.1. The second-order valence-corrected chi connectivity index (χ2v) is 8.56. The normalized spacial score (nSPS) is 13.6. The van der Waals surface area contributed by atoms with Crippen molar-refractivity contribution in [2.75, 3.05) is 11.6 Å². The molecular formula is C27H21BrFN3. The molecule has 1 aliphatic rings. The average Bonchev–Trinajstić information content (AvgIpc) is 3.32. The third-order valence-corrected chi connectivity index (χ3v) is 6.29. The van der Waals surface area contributed by atoms with Crippen LogP contribution in [0.2, 0.25) is 0 Å². The molecule has 0 amide bonds. The lowest BCUT2D eigenvalue weighted by Gasteiger charge is -2.42. The monoisotopic (exact) mass is 485 g/mol. The Morgan fingerprint density at radius 3 is 1.69 bits per heavy atom. The van der Waals surface area contributed by atoms with Crippen LogP contribution in [0.1, 0.15) is 16.7 Å². The number of hydrazone groups is 1. The Morgan fingerprint density at radius 2 is 1.22 bits per heavy atom. The molecule has 4 aromatic carbocycles. The maximum atomic E-state index is 14.7. The Labute approximate surface area is 195 Å². The lowest BCUT2D eigenvalue weighted by Crippen LogP contribution is -2.46. The van der Waals surface area contributed by atoms with E-state index in [1.54, 1.807) is 12.4 Å². The molecule has 0 radical (unpaired) electrons. The fraction of sp³-hybridized carbons (Fsp3) is 0.0741. The molecule has 5 heteroatoms. The van der Waals surface area contributed by atoms with Gasteiger partial charge in [0.15, 0.2) is 0 Å². The number of anilines is 1. The number of halogens is 2. The van der Waals surface area contributed by atoms with Crippen molar-refractivity contribution in [3.63, 3.8) is 0 Å². The number of nitrogens with zero attached hydrogens (tertiary/aromatic N) is 3. The van der Waals surface area contributed by atoms with Gasteiger partial charge in [0.05, 0.1) is 5.69 Å². The molecule has 0 aromatic heterocycles. The molecule has 0 aliphatic carbocycles. The molecule has 0 unspecified atom stereocenters. The summed E-state index contributed by atoms with van der Waals surface area (Å²) in [7, 11) is 0. The minimum absolute atomic E-state index is 0.294. The predicted octanol–water partition coefficient (Wildman–Crippen LogP) is 6.60. The van der Waals surface area contributed by atoms with Crippen molar-refractivity contribution in [3.8, 4) is 0 Å². The summed E-state index contributed by atoms with van der Waals surface area (Å²) >= 11 is 3.34. The number of hydrogen-bond donors (Lipinski definition) is 0. The van der Waals surface area contributed by atoms with Gasteiger partial charge in [0.2, 0.25) is 0 Å². The van der Waals surface area contributed by atoms with Gasteiger partial charge in [-0.15, -0.1) is 0 Å². The van der Waals surface area contributed by atoms with Gasteiger partial charge in [-0.2, -0.15) is 5.10 Å². The van der Waals surface area contributed by atoms with Crippen molar-refractivity contribution < 1.29 is 4.39 Å². The van der Waals surface area contributed by atoms with E-state index in [9.17, 15) is 4.39 Å². The zero-order chi connectivity index (χ0) is 22.0. The highest BCUT2D eigenvalue weighted by Gasteiger charge is 2.44. The van der Waals surface area contributed by atoms with Gasteiger partial charge in [-0.3, -0.25) is 5.01 Å². The third kappa shape index (κ3) is 3.49. The Bertz CT molecular complexity index is 1130. The van der Waals surface area contributed by atoms with Crippen molar-refractivity contribution in [1.82, 2.24) is 5.01 Å². The number of hydrogen-bond acceptors (Lipinski definition) is 3. The molecule has 0 fully saturated rings. The Morgan fingerprint density at radius 1 is 0.719 bits per heavy atom. The lowest BCUT2D eigenvalue weighted by molar-refractivity contribution is 0.183. The molecule has 0 atom stereocenters. The van der Waals surface area contributed by atoms with Gasteiger partial charge in [0, 0.05) is 4.47 Å². The van der Waals surface area contributed by atoms with E-state index in [-0.39, 0.29) is 5.82 Å². The van der Waals surface area contributed by atoms with Crippen LogP contribution in [0.25, 0.3) is 0 Å². The minimum Gasteiger partial charge on any atom is -0.308 e. The third-order valence-electron chi connectivity index (χ3n) is 5.80. The molecule has 0 saturated heterocycles. The Balaban J connectivity index is 1.68. The minimum atomic E-state index is -0.680. The summed E-state index contributed by atoms with van der Waals surface area (Å²) in [6.07, 6.45) is 1.70. The van der Waals surface area contributed by atoms with E-state index in [0.29, 0.717) is 16.8 Å². The van der Waals surface area contributed by atoms with E-state index in [4.69, 9.17) is 5.10 Å². The van der Waals surface area contributed by atoms with Crippen LogP contribution in [0.3, 0.4) is 0 Å². The van der Waals surface area contributed by atoms with Gasteiger partial charge in [-0.05, 0) is 34.9 Å². The molecule has 0 N–H and O–H groups in total. The molecule has 4 aromatic rings. The van der Waals surface area contributed by atoms with Crippen LogP contribution < -0.4 is 4.90 Å². The first-order valence-corrected chi connectivity index (χ1v) is 11.2. The maximum absolute atomic E-state index is 14.7. The summed E-state index contributed by atoms with van der Waals surface area (Å²) in [5.41, 5.74) is 3.08. The van der Waals surface area contributed by atoms with E-state index in [1.165, 1.54) is 6.07 Å². The topological polar surface area (TPSA) is 18.8 Å². The van der Waals surface area contributed by atoms with Crippen molar-refractivity contribution in [1.29, 1.82) is 0 Å².